The van der Waals surface area contributed by atoms with Gasteiger partial charge in [0.2, 0.25) is 5.91 Å². The van der Waals surface area contributed by atoms with Crippen molar-refractivity contribution < 1.29 is 9.90 Å². The fourth-order valence-corrected chi connectivity index (χ4v) is 2.52. The van der Waals surface area contributed by atoms with E-state index in [-0.39, 0.29) is 11.7 Å². The number of benzene rings is 1. The molecule has 0 bridgehead atoms. The van der Waals surface area contributed by atoms with Crippen LogP contribution < -0.4 is 5.32 Å². The van der Waals surface area contributed by atoms with Crippen LogP contribution in [0.2, 0.25) is 0 Å². The van der Waals surface area contributed by atoms with Crippen LogP contribution in [0.25, 0.3) is 0 Å². The third-order valence-electron chi connectivity index (χ3n) is 3.74. The number of hydrogen-bond acceptors (Lipinski definition) is 3. The Balaban J connectivity index is 1.84. The van der Waals surface area contributed by atoms with Crippen LogP contribution in [0.4, 0.5) is 0 Å². The molecule has 0 heterocycles. The minimum absolute atomic E-state index is 0.133. The first-order valence-corrected chi connectivity index (χ1v) is 6.64. The molecule has 4 nitrogen and oxygen atoms in total. The van der Waals surface area contributed by atoms with Crippen molar-refractivity contribution in [1.82, 2.24) is 5.32 Å². The molecule has 0 unspecified atom stereocenters. The van der Waals surface area contributed by atoms with Gasteiger partial charge in [0.05, 0.1) is 6.07 Å². The Bertz CT molecular complexity index is 482. The van der Waals surface area contributed by atoms with E-state index in [1.165, 1.54) is 0 Å². The molecule has 2 N–H and O–H groups in total. The first-order chi connectivity index (χ1) is 9.16. The maximum atomic E-state index is 12.1. The summed E-state index contributed by atoms with van der Waals surface area (Å²) in [6.07, 6.45) is 3.97. The first-order valence-electron chi connectivity index (χ1n) is 6.64. The second-order valence-electron chi connectivity index (χ2n) is 5.07. The molecule has 1 fully saturated rings. The fraction of sp³-hybridized carbons (Fsp3) is 0.467. The summed E-state index contributed by atoms with van der Waals surface area (Å²) in [5.74, 6) is 0.105. The van der Waals surface area contributed by atoms with Crippen LogP contribution in [0.5, 0.6) is 5.75 Å². The molecule has 100 valence electrons. The number of nitrogens with zero attached hydrogens (tertiary/aromatic N) is 1. The Morgan fingerprint density at radius 2 is 1.95 bits per heavy atom. The molecule has 1 aromatic rings. The van der Waals surface area contributed by atoms with Gasteiger partial charge in [-0.1, -0.05) is 25.0 Å². The zero-order valence-electron chi connectivity index (χ0n) is 10.9. The van der Waals surface area contributed by atoms with Crippen LogP contribution in [0, 0.1) is 16.7 Å². The van der Waals surface area contributed by atoms with Gasteiger partial charge in [0.25, 0.3) is 0 Å². The topological polar surface area (TPSA) is 73.1 Å². The van der Waals surface area contributed by atoms with Crippen LogP contribution in [0.15, 0.2) is 24.3 Å². The maximum absolute atomic E-state index is 12.1. The maximum Gasteiger partial charge on any atom is 0.240 e. The summed E-state index contributed by atoms with van der Waals surface area (Å²) < 4.78 is 0. The Hall–Kier alpha value is -2.02. The Labute approximate surface area is 113 Å². The highest BCUT2D eigenvalue weighted by molar-refractivity contribution is 5.85. The van der Waals surface area contributed by atoms with E-state index in [0.29, 0.717) is 25.8 Å². The lowest BCUT2D eigenvalue weighted by Crippen LogP contribution is -2.39. The highest BCUT2D eigenvalue weighted by Crippen LogP contribution is 2.37. The minimum atomic E-state index is -0.797. The van der Waals surface area contributed by atoms with Gasteiger partial charge in [0.1, 0.15) is 11.2 Å². The van der Waals surface area contributed by atoms with Crippen molar-refractivity contribution in [3.63, 3.8) is 0 Å². The minimum Gasteiger partial charge on any atom is -0.508 e. The number of rotatable bonds is 4. The van der Waals surface area contributed by atoms with E-state index in [1.807, 2.05) is 12.1 Å². The molecule has 1 saturated carbocycles. The van der Waals surface area contributed by atoms with Crippen molar-refractivity contribution >= 4 is 5.91 Å². The molecule has 0 saturated heterocycles. The summed E-state index contributed by atoms with van der Waals surface area (Å²) in [7, 11) is 0. The standard InChI is InChI=1S/C15H18N2O2/c16-11-15(8-1-2-9-15)14(19)17-10-7-12-3-5-13(18)6-4-12/h3-6,18H,1-2,7-10H2,(H,17,19). The second-order valence-corrected chi connectivity index (χ2v) is 5.07. The van der Waals surface area contributed by atoms with Crippen molar-refractivity contribution in [2.75, 3.05) is 6.54 Å². The number of phenolic OH excluding ortho intramolecular Hbond substituents is 1. The van der Waals surface area contributed by atoms with E-state index in [0.717, 1.165) is 18.4 Å². The Kier molecular flexibility index (Phi) is 4.06. The van der Waals surface area contributed by atoms with Gasteiger partial charge >= 0.3 is 0 Å². The summed E-state index contributed by atoms with van der Waals surface area (Å²) in [5, 5.41) is 21.2. The van der Waals surface area contributed by atoms with Crippen molar-refractivity contribution in [1.29, 1.82) is 5.26 Å². The quantitative estimate of drug-likeness (QED) is 0.869. The number of aromatic hydroxyl groups is 1. The molecule has 4 heteroatoms. The number of hydrogen-bond donors (Lipinski definition) is 2. The van der Waals surface area contributed by atoms with Crippen molar-refractivity contribution in [3.8, 4) is 11.8 Å². The molecule has 2 rings (SSSR count). The molecule has 1 aliphatic rings. The molecule has 0 aromatic heterocycles. The predicted molar refractivity (Wildman–Crippen MR) is 71.3 cm³/mol. The molecule has 0 aliphatic heterocycles. The van der Waals surface area contributed by atoms with Gasteiger partial charge in [-0.05, 0) is 37.0 Å². The molecule has 1 aromatic carbocycles. The average molecular weight is 258 g/mol. The zero-order chi connectivity index (χ0) is 13.7. The monoisotopic (exact) mass is 258 g/mol. The van der Waals surface area contributed by atoms with E-state index < -0.39 is 5.41 Å². The molecule has 0 spiro atoms. The predicted octanol–water partition coefficient (Wildman–Crippen LogP) is 2.13. The first kappa shape index (κ1) is 13.4. The van der Waals surface area contributed by atoms with Gasteiger partial charge in [-0.15, -0.1) is 0 Å². The van der Waals surface area contributed by atoms with Gasteiger partial charge in [-0.25, -0.2) is 0 Å². The van der Waals surface area contributed by atoms with Crippen LogP contribution in [0.3, 0.4) is 0 Å². The molecule has 0 atom stereocenters. The SMILES string of the molecule is N#CC1(C(=O)NCCc2ccc(O)cc2)CCCC1. The lowest BCUT2D eigenvalue weighted by Gasteiger charge is -2.19. The molecular formula is C15H18N2O2. The number of nitriles is 1. The van der Waals surface area contributed by atoms with E-state index in [4.69, 9.17) is 0 Å². The van der Waals surface area contributed by atoms with Crippen molar-refractivity contribution in [3.05, 3.63) is 29.8 Å². The van der Waals surface area contributed by atoms with Crippen LogP contribution in [-0.2, 0) is 11.2 Å². The Morgan fingerprint density at radius 1 is 1.32 bits per heavy atom. The van der Waals surface area contributed by atoms with Gasteiger partial charge in [-0.2, -0.15) is 5.26 Å². The molecule has 19 heavy (non-hydrogen) atoms. The lowest BCUT2D eigenvalue weighted by atomic mass is 9.87. The number of carbonyl (C=O) groups excluding carboxylic acids is 1. The molecule has 0 radical (unpaired) electrons. The number of amides is 1. The van der Waals surface area contributed by atoms with Gasteiger partial charge in [0, 0.05) is 6.54 Å². The number of nitrogens with one attached hydrogen (secondary N) is 1. The van der Waals surface area contributed by atoms with Crippen molar-refractivity contribution in [2.45, 2.75) is 32.1 Å². The highest BCUT2D eigenvalue weighted by Gasteiger charge is 2.41. The van der Waals surface area contributed by atoms with Crippen LogP contribution in [-0.4, -0.2) is 17.6 Å². The summed E-state index contributed by atoms with van der Waals surface area (Å²) in [6, 6.07) is 9.11. The van der Waals surface area contributed by atoms with Gasteiger partial charge in [0.15, 0.2) is 0 Å². The molecule has 1 amide bonds. The summed E-state index contributed by atoms with van der Waals surface area (Å²) in [5.41, 5.74) is 0.255. The highest BCUT2D eigenvalue weighted by atomic mass is 16.3. The fourth-order valence-electron chi connectivity index (χ4n) is 2.52. The van der Waals surface area contributed by atoms with Crippen molar-refractivity contribution in [2.24, 2.45) is 5.41 Å². The summed E-state index contributed by atoms with van der Waals surface area (Å²) in [6.45, 7) is 0.521. The Morgan fingerprint density at radius 3 is 2.53 bits per heavy atom. The largest absolute Gasteiger partial charge is 0.508 e. The number of carbonyl (C=O) groups is 1. The van der Waals surface area contributed by atoms with Crippen LogP contribution in [0.1, 0.15) is 31.2 Å². The third kappa shape index (κ3) is 3.05. The smallest absolute Gasteiger partial charge is 0.240 e. The van der Waals surface area contributed by atoms with Crippen LogP contribution >= 0.6 is 0 Å². The second kappa shape index (κ2) is 5.75. The van der Waals surface area contributed by atoms with Gasteiger partial charge < -0.3 is 10.4 Å². The van der Waals surface area contributed by atoms with E-state index in [2.05, 4.69) is 11.4 Å². The summed E-state index contributed by atoms with van der Waals surface area (Å²) >= 11 is 0. The average Bonchev–Trinajstić information content (AvgIpc) is 2.91. The molecular weight excluding hydrogens is 240 g/mol. The van der Waals surface area contributed by atoms with E-state index >= 15 is 0 Å². The number of phenols is 1. The lowest BCUT2D eigenvalue weighted by molar-refractivity contribution is -0.127. The van der Waals surface area contributed by atoms with Gasteiger partial charge in [-0.3, -0.25) is 4.79 Å². The normalized spacial score (nSPS) is 16.8. The molecule has 1 aliphatic carbocycles. The third-order valence-corrected chi connectivity index (χ3v) is 3.74. The van der Waals surface area contributed by atoms with E-state index in [1.54, 1.807) is 12.1 Å². The zero-order valence-corrected chi connectivity index (χ0v) is 10.9. The summed E-state index contributed by atoms with van der Waals surface area (Å²) in [4.78, 5) is 12.1. The van der Waals surface area contributed by atoms with E-state index in [9.17, 15) is 15.2 Å².